The Balaban J connectivity index is 1.93. The van der Waals surface area contributed by atoms with E-state index < -0.39 is 10.0 Å². The second kappa shape index (κ2) is 9.53. The van der Waals surface area contributed by atoms with Gasteiger partial charge in [-0.3, -0.25) is 4.79 Å². The van der Waals surface area contributed by atoms with Crippen LogP contribution in [0.4, 0.5) is 0 Å². The van der Waals surface area contributed by atoms with Gasteiger partial charge < -0.3 is 10.1 Å². The van der Waals surface area contributed by atoms with Crippen molar-refractivity contribution in [3.05, 3.63) is 65.2 Å². The lowest BCUT2D eigenvalue weighted by molar-refractivity contribution is -0.121. The van der Waals surface area contributed by atoms with Gasteiger partial charge >= 0.3 is 0 Å². The van der Waals surface area contributed by atoms with Gasteiger partial charge in [0, 0.05) is 13.1 Å². The van der Waals surface area contributed by atoms with E-state index in [2.05, 4.69) is 5.32 Å². The van der Waals surface area contributed by atoms with E-state index in [-0.39, 0.29) is 19.0 Å². The van der Waals surface area contributed by atoms with E-state index in [1.54, 1.807) is 7.11 Å². The molecule has 0 radical (unpaired) electrons. The van der Waals surface area contributed by atoms with Crippen LogP contribution >= 0.6 is 0 Å². The number of carbonyl (C=O) groups excluding carboxylic acids is 1. The molecule has 0 fully saturated rings. The molecule has 7 heteroatoms. The first-order chi connectivity index (χ1) is 12.8. The third kappa shape index (κ3) is 6.69. The summed E-state index contributed by atoms with van der Waals surface area (Å²) in [7, 11) is -1.90. The molecule has 0 saturated heterocycles. The molecule has 0 bridgehead atoms. The standard InChI is InChI=1S/C20H26N2O4S/c1-16-7-4-5-9-18(16)14-22(27(3,24)25)15-20(23)21-12-11-17-8-6-10-19(13-17)26-2/h4-10,13H,11-12,14-15H2,1-3H3,(H,21,23). The largest absolute Gasteiger partial charge is 0.497 e. The number of amides is 1. The van der Waals surface area contributed by atoms with E-state index in [1.807, 2.05) is 55.5 Å². The van der Waals surface area contributed by atoms with Crippen molar-refractivity contribution in [1.29, 1.82) is 0 Å². The number of hydrogen-bond acceptors (Lipinski definition) is 4. The third-order valence-corrected chi connectivity index (χ3v) is 5.46. The number of carbonyl (C=O) groups is 1. The summed E-state index contributed by atoms with van der Waals surface area (Å²) >= 11 is 0. The van der Waals surface area contributed by atoms with Gasteiger partial charge in [0.2, 0.25) is 15.9 Å². The summed E-state index contributed by atoms with van der Waals surface area (Å²) in [6.45, 7) is 2.32. The Labute approximate surface area is 161 Å². The van der Waals surface area contributed by atoms with E-state index in [9.17, 15) is 13.2 Å². The molecule has 2 aromatic carbocycles. The number of methoxy groups -OCH3 is 1. The second-order valence-electron chi connectivity index (χ2n) is 6.41. The van der Waals surface area contributed by atoms with Gasteiger partial charge in [-0.1, -0.05) is 36.4 Å². The summed E-state index contributed by atoms with van der Waals surface area (Å²) in [5, 5.41) is 2.79. The first-order valence-electron chi connectivity index (χ1n) is 8.69. The molecule has 6 nitrogen and oxygen atoms in total. The molecule has 0 aliphatic heterocycles. The van der Waals surface area contributed by atoms with Crippen molar-refractivity contribution in [1.82, 2.24) is 9.62 Å². The van der Waals surface area contributed by atoms with E-state index in [0.717, 1.165) is 28.7 Å². The fourth-order valence-electron chi connectivity index (χ4n) is 2.66. The maximum atomic E-state index is 12.2. The fourth-order valence-corrected chi connectivity index (χ4v) is 3.38. The lowest BCUT2D eigenvalue weighted by atomic mass is 10.1. The number of sulfonamides is 1. The minimum absolute atomic E-state index is 0.175. The fraction of sp³-hybridized carbons (Fsp3) is 0.350. The molecular weight excluding hydrogens is 364 g/mol. The van der Waals surface area contributed by atoms with E-state index in [0.29, 0.717) is 13.0 Å². The van der Waals surface area contributed by atoms with Crippen LogP contribution in [0.3, 0.4) is 0 Å². The number of aryl methyl sites for hydroxylation is 1. The van der Waals surface area contributed by atoms with Crippen molar-refractivity contribution in [2.24, 2.45) is 0 Å². The first kappa shape index (κ1) is 20.9. The molecule has 146 valence electrons. The molecule has 0 aliphatic rings. The Hall–Kier alpha value is -2.38. The van der Waals surface area contributed by atoms with Crippen LogP contribution in [0.1, 0.15) is 16.7 Å². The van der Waals surface area contributed by atoms with Gasteiger partial charge in [-0.25, -0.2) is 8.42 Å². The van der Waals surface area contributed by atoms with Crippen LogP contribution in [0.15, 0.2) is 48.5 Å². The molecular formula is C20H26N2O4S. The highest BCUT2D eigenvalue weighted by atomic mass is 32.2. The highest BCUT2D eigenvalue weighted by Gasteiger charge is 2.21. The first-order valence-corrected chi connectivity index (χ1v) is 10.5. The summed E-state index contributed by atoms with van der Waals surface area (Å²) in [4.78, 5) is 12.2. The zero-order valence-corrected chi connectivity index (χ0v) is 16.8. The summed E-state index contributed by atoms with van der Waals surface area (Å²) in [6.07, 6.45) is 1.76. The van der Waals surface area contributed by atoms with Crippen molar-refractivity contribution in [3.63, 3.8) is 0 Å². The molecule has 0 unspecified atom stereocenters. The molecule has 2 aromatic rings. The summed E-state index contributed by atoms with van der Waals surface area (Å²) in [6, 6.07) is 15.2. The zero-order valence-electron chi connectivity index (χ0n) is 15.9. The van der Waals surface area contributed by atoms with Gasteiger partial charge in [-0.15, -0.1) is 0 Å². The maximum absolute atomic E-state index is 12.2. The van der Waals surface area contributed by atoms with Crippen LogP contribution in [0.5, 0.6) is 5.75 Å². The van der Waals surface area contributed by atoms with Crippen molar-refractivity contribution in [2.75, 3.05) is 26.5 Å². The Morgan fingerprint density at radius 2 is 1.89 bits per heavy atom. The van der Waals surface area contributed by atoms with Crippen LogP contribution in [0.2, 0.25) is 0 Å². The van der Waals surface area contributed by atoms with Gasteiger partial charge in [0.15, 0.2) is 0 Å². The normalized spacial score (nSPS) is 11.4. The van der Waals surface area contributed by atoms with Crippen LogP contribution < -0.4 is 10.1 Å². The maximum Gasteiger partial charge on any atom is 0.235 e. The van der Waals surface area contributed by atoms with Crippen molar-refractivity contribution >= 4 is 15.9 Å². The van der Waals surface area contributed by atoms with E-state index in [4.69, 9.17) is 4.74 Å². The number of nitrogens with zero attached hydrogens (tertiary/aromatic N) is 1. The Morgan fingerprint density at radius 3 is 2.56 bits per heavy atom. The molecule has 2 rings (SSSR count). The molecule has 0 saturated carbocycles. The third-order valence-electron chi connectivity index (χ3n) is 4.27. The monoisotopic (exact) mass is 390 g/mol. The quantitative estimate of drug-likeness (QED) is 0.712. The van der Waals surface area contributed by atoms with Gasteiger partial charge in [-0.05, 0) is 42.2 Å². The summed E-state index contributed by atoms with van der Waals surface area (Å²) in [5.74, 6) is 0.442. The number of ether oxygens (including phenoxy) is 1. The van der Waals surface area contributed by atoms with Crippen molar-refractivity contribution in [3.8, 4) is 5.75 Å². The molecule has 0 aromatic heterocycles. The average molecular weight is 391 g/mol. The molecule has 1 amide bonds. The zero-order chi connectivity index (χ0) is 19.9. The number of nitrogens with one attached hydrogen (secondary N) is 1. The summed E-state index contributed by atoms with van der Waals surface area (Å²) < 4.78 is 30.5. The average Bonchev–Trinajstić information content (AvgIpc) is 2.62. The highest BCUT2D eigenvalue weighted by molar-refractivity contribution is 7.88. The van der Waals surface area contributed by atoms with Crippen LogP contribution in [-0.4, -0.2) is 45.1 Å². The van der Waals surface area contributed by atoms with Gasteiger partial charge in [-0.2, -0.15) is 4.31 Å². The minimum atomic E-state index is -3.51. The SMILES string of the molecule is COc1cccc(CCNC(=O)CN(Cc2ccccc2C)S(C)(=O)=O)c1. The number of rotatable bonds is 9. The Bertz CT molecular complexity index is 881. The molecule has 27 heavy (non-hydrogen) atoms. The van der Waals surface area contributed by atoms with Crippen LogP contribution in [-0.2, 0) is 27.8 Å². The Kier molecular flexibility index (Phi) is 7.38. The highest BCUT2D eigenvalue weighted by Crippen LogP contribution is 2.13. The summed E-state index contributed by atoms with van der Waals surface area (Å²) in [5.41, 5.74) is 2.91. The minimum Gasteiger partial charge on any atom is -0.497 e. The van der Waals surface area contributed by atoms with Gasteiger partial charge in [0.05, 0.1) is 19.9 Å². The predicted octanol–water partition coefficient (Wildman–Crippen LogP) is 2.12. The lowest BCUT2D eigenvalue weighted by Gasteiger charge is -2.20. The predicted molar refractivity (Wildman–Crippen MR) is 106 cm³/mol. The molecule has 1 N–H and O–H groups in total. The molecule has 0 atom stereocenters. The number of benzene rings is 2. The second-order valence-corrected chi connectivity index (χ2v) is 8.39. The van der Waals surface area contributed by atoms with Crippen LogP contribution in [0.25, 0.3) is 0 Å². The Morgan fingerprint density at radius 1 is 1.15 bits per heavy atom. The smallest absolute Gasteiger partial charge is 0.235 e. The van der Waals surface area contributed by atoms with E-state index >= 15 is 0 Å². The van der Waals surface area contributed by atoms with Crippen molar-refractivity contribution < 1.29 is 17.9 Å². The topological polar surface area (TPSA) is 75.7 Å². The van der Waals surface area contributed by atoms with Gasteiger partial charge in [0.25, 0.3) is 0 Å². The van der Waals surface area contributed by atoms with Crippen LogP contribution in [0, 0.1) is 6.92 Å². The molecule has 0 heterocycles. The number of hydrogen-bond donors (Lipinski definition) is 1. The molecule has 0 spiro atoms. The van der Waals surface area contributed by atoms with Gasteiger partial charge in [0.1, 0.15) is 5.75 Å². The van der Waals surface area contributed by atoms with E-state index in [1.165, 1.54) is 4.31 Å². The van der Waals surface area contributed by atoms with Crippen molar-refractivity contribution in [2.45, 2.75) is 19.9 Å². The lowest BCUT2D eigenvalue weighted by Crippen LogP contribution is -2.40. The molecule has 0 aliphatic carbocycles.